The lowest BCUT2D eigenvalue weighted by Gasteiger charge is -2.12. The monoisotopic (exact) mass is 343 g/mol. The van der Waals surface area contributed by atoms with Crippen LogP contribution in [0.3, 0.4) is 0 Å². The highest BCUT2D eigenvalue weighted by Crippen LogP contribution is 2.32. The van der Waals surface area contributed by atoms with Crippen molar-refractivity contribution in [2.75, 3.05) is 23.9 Å². The van der Waals surface area contributed by atoms with Crippen molar-refractivity contribution < 1.29 is 17.9 Å². The summed E-state index contributed by atoms with van der Waals surface area (Å²) >= 11 is 4.81. The third kappa shape index (κ3) is 5.86. The molecule has 0 aliphatic carbocycles. The number of hydrogen-bond donors (Lipinski definition) is 1. The minimum atomic E-state index is -4.67. The van der Waals surface area contributed by atoms with Crippen LogP contribution in [0.5, 0.6) is 5.75 Å². The van der Waals surface area contributed by atoms with Gasteiger partial charge in [0, 0.05) is 12.2 Å². The van der Waals surface area contributed by atoms with Gasteiger partial charge in [-0.2, -0.15) is 11.8 Å². The van der Waals surface area contributed by atoms with E-state index in [2.05, 4.69) is 26.0 Å². The molecule has 0 spiro atoms. The fourth-order valence-electron chi connectivity index (χ4n) is 1.27. The van der Waals surface area contributed by atoms with Crippen LogP contribution in [-0.4, -0.2) is 24.9 Å². The van der Waals surface area contributed by atoms with Crippen molar-refractivity contribution in [2.24, 2.45) is 0 Å². The molecule has 1 rings (SSSR count). The molecule has 0 bridgehead atoms. The summed E-state index contributed by atoms with van der Waals surface area (Å²) in [7, 11) is 0. The zero-order valence-electron chi connectivity index (χ0n) is 9.68. The van der Waals surface area contributed by atoms with Gasteiger partial charge in [0.15, 0.2) is 0 Å². The lowest BCUT2D eigenvalue weighted by Crippen LogP contribution is -2.17. The average Bonchev–Trinajstić information content (AvgIpc) is 2.26. The van der Waals surface area contributed by atoms with Crippen LogP contribution in [0.2, 0.25) is 0 Å². The number of hydrogen-bond acceptors (Lipinski definition) is 3. The predicted molar refractivity (Wildman–Crippen MR) is 72.3 cm³/mol. The summed E-state index contributed by atoms with van der Waals surface area (Å²) in [6.45, 7) is 0.784. The number of rotatable bonds is 6. The van der Waals surface area contributed by atoms with Crippen LogP contribution in [0.15, 0.2) is 22.7 Å². The summed E-state index contributed by atoms with van der Waals surface area (Å²) in [6.07, 6.45) is -1.64. The Bertz CT molecular complexity index is 387. The lowest BCUT2D eigenvalue weighted by atomic mass is 10.3. The fraction of sp³-hybridized carbons (Fsp3) is 0.455. The molecule has 0 amide bonds. The molecule has 0 aliphatic heterocycles. The topological polar surface area (TPSA) is 21.3 Å². The molecule has 1 N–H and O–H groups in total. The Balaban J connectivity index is 2.56. The standard InChI is InChI=1S/C11H13BrF3NOS/c1-18-6-2-5-16-8-3-4-10(9(12)7-8)17-11(13,14)15/h3-4,7,16H,2,5-6H2,1H3. The third-order valence-corrected chi connectivity index (χ3v) is 3.33. The second kappa shape index (κ2) is 7.13. The Hall–Kier alpha value is -0.560. The zero-order valence-corrected chi connectivity index (χ0v) is 12.1. The van der Waals surface area contributed by atoms with Gasteiger partial charge in [0.1, 0.15) is 5.75 Å². The molecule has 0 radical (unpaired) electrons. The molecular formula is C11H13BrF3NOS. The summed E-state index contributed by atoms with van der Waals surface area (Å²) in [5, 5.41) is 3.13. The third-order valence-electron chi connectivity index (χ3n) is 2.01. The Kier molecular flexibility index (Phi) is 6.14. The molecule has 2 nitrogen and oxygen atoms in total. The molecule has 0 heterocycles. The normalized spacial score (nSPS) is 11.4. The van der Waals surface area contributed by atoms with Crippen molar-refractivity contribution in [2.45, 2.75) is 12.8 Å². The van der Waals surface area contributed by atoms with E-state index in [9.17, 15) is 13.2 Å². The number of nitrogens with one attached hydrogen (secondary N) is 1. The maximum Gasteiger partial charge on any atom is 0.573 e. The van der Waals surface area contributed by atoms with Crippen LogP contribution in [0.4, 0.5) is 18.9 Å². The van der Waals surface area contributed by atoms with Crippen molar-refractivity contribution in [3.8, 4) is 5.75 Å². The fourth-order valence-corrected chi connectivity index (χ4v) is 2.16. The highest BCUT2D eigenvalue weighted by Gasteiger charge is 2.31. The van der Waals surface area contributed by atoms with Gasteiger partial charge in [0.2, 0.25) is 0 Å². The second-order valence-electron chi connectivity index (χ2n) is 3.47. The van der Waals surface area contributed by atoms with Crippen LogP contribution in [0, 0.1) is 0 Å². The maximum atomic E-state index is 12.0. The minimum absolute atomic E-state index is 0.239. The van der Waals surface area contributed by atoms with Gasteiger partial charge in [-0.25, -0.2) is 0 Å². The Morgan fingerprint density at radius 2 is 2.11 bits per heavy atom. The highest BCUT2D eigenvalue weighted by molar-refractivity contribution is 9.10. The van der Waals surface area contributed by atoms with Crippen LogP contribution in [-0.2, 0) is 0 Å². The molecule has 0 fully saturated rings. The number of anilines is 1. The lowest BCUT2D eigenvalue weighted by molar-refractivity contribution is -0.274. The molecule has 0 saturated carbocycles. The summed E-state index contributed by atoms with van der Waals surface area (Å²) in [6, 6.07) is 4.42. The molecule has 0 atom stereocenters. The van der Waals surface area contributed by atoms with Crippen LogP contribution in [0.1, 0.15) is 6.42 Å². The van der Waals surface area contributed by atoms with Crippen LogP contribution in [0.25, 0.3) is 0 Å². The molecule has 1 aromatic carbocycles. The second-order valence-corrected chi connectivity index (χ2v) is 5.31. The first kappa shape index (κ1) is 15.5. The molecule has 0 unspecified atom stereocenters. The number of benzene rings is 1. The predicted octanol–water partition coefficient (Wildman–Crippen LogP) is 4.51. The Labute approximate surface area is 116 Å². The van der Waals surface area contributed by atoms with E-state index in [-0.39, 0.29) is 10.2 Å². The molecule has 0 aromatic heterocycles. The number of thioether (sulfide) groups is 1. The van der Waals surface area contributed by atoms with Crippen molar-refractivity contribution >= 4 is 33.4 Å². The summed E-state index contributed by atoms with van der Waals surface area (Å²) in [5.41, 5.74) is 0.762. The van der Waals surface area contributed by atoms with Gasteiger partial charge in [-0.1, -0.05) is 0 Å². The van der Waals surface area contributed by atoms with E-state index in [0.29, 0.717) is 0 Å². The smallest absolute Gasteiger partial charge is 0.405 e. The molecule has 0 aliphatic rings. The van der Waals surface area contributed by atoms with Crippen molar-refractivity contribution in [3.05, 3.63) is 22.7 Å². The van der Waals surface area contributed by atoms with E-state index in [1.807, 2.05) is 6.26 Å². The van der Waals surface area contributed by atoms with E-state index in [4.69, 9.17) is 0 Å². The Morgan fingerprint density at radius 1 is 1.39 bits per heavy atom. The van der Waals surface area contributed by atoms with E-state index >= 15 is 0 Å². The van der Waals surface area contributed by atoms with Gasteiger partial charge < -0.3 is 10.1 Å². The first-order valence-corrected chi connectivity index (χ1v) is 7.39. The van der Waals surface area contributed by atoms with Gasteiger partial charge in [-0.3, -0.25) is 0 Å². The highest BCUT2D eigenvalue weighted by atomic mass is 79.9. The van der Waals surface area contributed by atoms with E-state index in [1.165, 1.54) is 6.07 Å². The molecule has 18 heavy (non-hydrogen) atoms. The van der Waals surface area contributed by atoms with Crippen molar-refractivity contribution in [3.63, 3.8) is 0 Å². The Morgan fingerprint density at radius 3 is 2.67 bits per heavy atom. The number of alkyl halides is 3. The van der Waals surface area contributed by atoms with Gasteiger partial charge in [0.25, 0.3) is 0 Å². The molecule has 1 aromatic rings. The van der Waals surface area contributed by atoms with Gasteiger partial charge >= 0.3 is 6.36 Å². The summed E-state index contributed by atoms with van der Waals surface area (Å²) in [5.74, 6) is 0.806. The van der Waals surface area contributed by atoms with Crippen molar-refractivity contribution in [1.29, 1.82) is 0 Å². The minimum Gasteiger partial charge on any atom is -0.405 e. The maximum absolute atomic E-state index is 12.0. The number of ether oxygens (including phenoxy) is 1. The zero-order chi connectivity index (χ0) is 13.6. The molecule has 7 heteroatoms. The first-order valence-electron chi connectivity index (χ1n) is 5.20. The average molecular weight is 344 g/mol. The molecular weight excluding hydrogens is 331 g/mol. The van der Waals surface area contributed by atoms with E-state index in [1.54, 1.807) is 23.9 Å². The van der Waals surface area contributed by atoms with Crippen LogP contribution >= 0.6 is 27.7 Å². The van der Waals surface area contributed by atoms with Gasteiger partial charge in [-0.15, -0.1) is 13.2 Å². The van der Waals surface area contributed by atoms with E-state index < -0.39 is 6.36 Å². The summed E-state index contributed by atoms with van der Waals surface area (Å²) in [4.78, 5) is 0. The van der Waals surface area contributed by atoms with Gasteiger partial charge in [0.05, 0.1) is 4.47 Å². The number of halogens is 4. The quantitative estimate of drug-likeness (QED) is 0.767. The molecule has 0 saturated heterocycles. The molecule has 102 valence electrons. The summed E-state index contributed by atoms with van der Waals surface area (Å²) < 4.78 is 40.3. The van der Waals surface area contributed by atoms with Crippen molar-refractivity contribution in [1.82, 2.24) is 0 Å². The first-order chi connectivity index (χ1) is 8.42. The van der Waals surface area contributed by atoms with Crippen LogP contribution < -0.4 is 10.1 Å². The largest absolute Gasteiger partial charge is 0.573 e. The van der Waals surface area contributed by atoms with Gasteiger partial charge in [-0.05, 0) is 52.6 Å². The SMILES string of the molecule is CSCCCNc1ccc(OC(F)(F)F)c(Br)c1. The van der Waals surface area contributed by atoms with E-state index in [0.717, 1.165) is 24.4 Å².